The van der Waals surface area contributed by atoms with Crippen LogP contribution in [-0.2, 0) is 11.3 Å². The minimum Gasteiger partial charge on any atom is -0.478 e. The van der Waals surface area contributed by atoms with Gasteiger partial charge in [-0.05, 0) is 56.7 Å². The van der Waals surface area contributed by atoms with Crippen LogP contribution in [0, 0.1) is 19.7 Å². The van der Waals surface area contributed by atoms with E-state index in [2.05, 4.69) is 5.10 Å². The lowest BCUT2D eigenvalue weighted by molar-refractivity contribution is -0.126. The van der Waals surface area contributed by atoms with E-state index in [0.717, 1.165) is 5.69 Å². The molecule has 0 saturated carbocycles. The van der Waals surface area contributed by atoms with Crippen molar-refractivity contribution in [2.24, 2.45) is 0 Å². The van der Waals surface area contributed by atoms with Crippen molar-refractivity contribution in [2.75, 3.05) is 4.90 Å². The molecular formula is C23H21ClFN3O3. The average Bonchev–Trinajstić information content (AvgIpc) is 3.08. The number of halogens is 2. The van der Waals surface area contributed by atoms with E-state index < -0.39 is 11.9 Å². The molecule has 0 saturated heterocycles. The van der Waals surface area contributed by atoms with Crippen molar-refractivity contribution < 1.29 is 18.7 Å². The third kappa shape index (κ3) is 3.81. The van der Waals surface area contributed by atoms with Gasteiger partial charge in [0.25, 0.3) is 11.8 Å². The molecule has 2 aromatic carbocycles. The third-order valence-corrected chi connectivity index (χ3v) is 5.61. The second-order valence-electron chi connectivity index (χ2n) is 7.47. The van der Waals surface area contributed by atoms with Gasteiger partial charge in [0.15, 0.2) is 6.10 Å². The minimum absolute atomic E-state index is 0.0747. The smallest absolute Gasteiger partial charge is 0.278 e. The second kappa shape index (κ2) is 8.15. The molecule has 8 heteroatoms. The van der Waals surface area contributed by atoms with Crippen LogP contribution in [0.25, 0.3) is 0 Å². The third-order valence-electron chi connectivity index (χ3n) is 5.26. The summed E-state index contributed by atoms with van der Waals surface area (Å²) < 4.78 is 21.6. The largest absolute Gasteiger partial charge is 0.478 e. The van der Waals surface area contributed by atoms with Crippen molar-refractivity contribution in [2.45, 2.75) is 39.8 Å². The molecule has 0 spiro atoms. The van der Waals surface area contributed by atoms with Gasteiger partial charge in [-0.15, -0.1) is 0 Å². The highest BCUT2D eigenvalue weighted by Gasteiger charge is 2.35. The first-order chi connectivity index (χ1) is 14.8. The van der Waals surface area contributed by atoms with Crippen molar-refractivity contribution in [3.63, 3.8) is 0 Å². The summed E-state index contributed by atoms with van der Waals surface area (Å²) in [6, 6.07) is 11.1. The van der Waals surface area contributed by atoms with Crippen LogP contribution < -0.4 is 9.64 Å². The van der Waals surface area contributed by atoms with E-state index in [0.29, 0.717) is 29.1 Å². The number of aryl methyl sites for hydroxylation is 2. The number of rotatable bonds is 4. The number of carbonyl (C=O) groups excluding carboxylic acids is 2. The molecule has 4 rings (SSSR count). The number of carbonyl (C=O) groups is 2. The van der Waals surface area contributed by atoms with Gasteiger partial charge in [-0.3, -0.25) is 9.59 Å². The zero-order valence-electron chi connectivity index (χ0n) is 17.4. The molecule has 0 bridgehead atoms. The summed E-state index contributed by atoms with van der Waals surface area (Å²) in [6.07, 6.45) is -0.248. The zero-order chi connectivity index (χ0) is 22.3. The topological polar surface area (TPSA) is 64.4 Å². The molecule has 31 heavy (non-hydrogen) atoms. The summed E-state index contributed by atoms with van der Waals surface area (Å²) in [5, 5.41) is 4.46. The number of aromatic nitrogens is 2. The summed E-state index contributed by atoms with van der Waals surface area (Å²) in [6.45, 7) is 5.36. The molecule has 2 heterocycles. The molecule has 0 radical (unpaired) electrons. The van der Waals surface area contributed by atoms with Gasteiger partial charge in [-0.2, -0.15) is 5.10 Å². The summed E-state index contributed by atoms with van der Waals surface area (Å²) in [7, 11) is 0. The van der Waals surface area contributed by atoms with Gasteiger partial charge in [0, 0.05) is 21.8 Å². The van der Waals surface area contributed by atoms with E-state index in [4.69, 9.17) is 16.3 Å². The fourth-order valence-electron chi connectivity index (χ4n) is 3.68. The van der Waals surface area contributed by atoms with E-state index >= 15 is 0 Å². The number of anilines is 1. The highest BCUT2D eigenvalue weighted by atomic mass is 35.5. The molecule has 160 valence electrons. The Balaban J connectivity index is 1.78. The van der Waals surface area contributed by atoms with Crippen LogP contribution in [0.1, 0.15) is 40.7 Å². The van der Waals surface area contributed by atoms with Crippen molar-refractivity contribution in [1.82, 2.24) is 9.78 Å². The lowest BCUT2D eigenvalue weighted by Crippen LogP contribution is -2.45. The number of hydrogen-bond acceptors (Lipinski definition) is 4. The van der Waals surface area contributed by atoms with Crippen molar-refractivity contribution in [1.29, 1.82) is 0 Å². The van der Waals surface area contributed by atoms with Gasteiger partial charge in [0.2, 0.25) is 0 Å². The van der Waals surface area contributed by atoms with Gasteiger partial charge in [-0.25, -0.2) is 9.07 Å². The Bertz CT molecular complexity index is 1170. The Morgan fingerprint density at radius 2 is 2.00 bits per heavy atom. The van der Waals surface area contributed by atoms with E-state index in [-0.39, 0.29) is 28.9 Å². The fourth-order valence-corrected chi connectivity index (χ4v) is 3.90. The number of benzene rings is 2. The first kappa shape index (κ1) is 21.1. The number of ether oxygens (including phenoxy) is 1. The molecule has 1 atom stereocenters. The average molecular weight is 442 g/mol. The maximum Gasteiger partial charge on any atom is 0.278 e. The molecule has 0 aliphatic carbocycles. The highest BCUT2D eigenvalue weighted by Crippen LogP contribution is 2.37. The number of amides is 1. The van der Waals surface area contributed by atoms with E-state index in [1.807, 2.05) is 6.92 Å². The van der Waals surface area contributed by atoms with Crippen molar-refractivity contribution >= 4 is 29.1 Å². The standard InChI is InChI=1S/C23H21ClFN3O3/c1-4-20-23(30)27(12-16-17(24)6-5-7-18(16)25)19-11-15(8-9-21(19)31-20)22(29)28-14(3)10-13(2)26-28/h5-11,20H,4,12H2,1-3H3/t20-/m0/s1. The van der Waals surface area contributed by atoms with Crippen LogP contribution in [0.4, 0.5) is 10.1 Å². The number of hydrogen-bond donors (Lipinski definition) is 0. The van der Waals surface area contributed by atoms with Crippen molar-refractivity contribution in [3.05, 3.63) is 75.8 Å². The molecule has 1 aliphatic heterocycles. The van der Waals surface area contributed by atoms with Crippen LogP contribution in [-0.4, -0.2) is 27.7 Å². The van der Waals surface area contributed by atoms with Crippen LogP contribution >= 0.6 is 11.6 Å². The Morgan fingerprint density at radius 3 is 2.65 bits per heavy atom. The first-order valence-corrected chi connectivity index (χ1v) is 10.3. The number of nitrogens with zero attached hydrogens (tertiary/aromatic N) is 3. The predicted molar refractivity (Wildman–Crippen MR) is 115 cm³/mol. The lowest BCUT2D eigenvalue weighted by Gasteiger charge is -2.34. The summed E-state index contributed by atoms with van der Waals surface area (Å²) in [4.78, 5) is 27.5. The molecule has 3 aromatic rings. The van der Waals surface area contributed by atoms with Crippen LogP contribution in [0.2, 0.25) is 5.02 Å². The Morgan fingerprint density at radius 1 is 1.23 bits per heavy atom. The maximum atomic E-state index is 14.4. The first-order valence-electron chi connectivity index (χ1n) is 9.93. The summed E-state index contributed by atoms with van der Waals surface area (Å²) in [5.74, 6) is -0.701. The van der Waals surface area contributed by atoms with Gasteiger partial charge < -0.3 is 9.64 Å². The predicted octanol–water partition coefficient (Wildman–Crippen LogP) is 4.69. The summed E-state index contributed by atoms with van der Waals surface area (Å²) >= 11 is 6.20. The second-order valence-corrected chi connectivity index (χ2v) is 7.87. The quantitative estimate of drug-likeness (QED) is 0.589. The maximum absolute atomic E-state index is 14.4. The molecule has 1 amide bonds. The molecule has 1 aromatic heterocycles. The highest BCUT2D eigenvalue weighted by molar-refractivity contribution is 6.31. The van der Waals surface area contributed by atoms with Gasteiger partial charge >= 0.3 is 0 Å². The SMILES string of the molecule is CC[C@@H]1Oc2ccc(C(=O)n3nc(C)cc3C)cc2N(Cc2c(F)cccc2Cl)C1=O. The monoisotopic (exact) mass is 441 g/mol. The van der Waals surface area contributed by atoms with Gasteiger partial charge in [0.1, 0.15) is 11.6 Å². The molecule has 6 nitrogen and oxygen atoms in total. The van der Waals surface area contributed by atoms with Crippen LogP contribution in [0.3, 0.4) is 0 Å². The molecule has 0 unspecified atom stereocenters. The minimum atomic E-state index is -0.699. The molecular weight excluding hydrogens is 421 g/mol. The Hall–Kier alpha value is -3.19. The fraction of sp³-hybridized carbons (Fsp3) is 0.261. The Kier molecular flexibility index (Phi) is 5.54. The van der Waals surface area contributed by atoms with Gasteiger partial charge in [0.05, 0.1) is 17.9 Å². The van der Waals surface area contributed by atoms with Crippen LogP contribution in [0.15, 0.2) is 42.5 Å². The zero-order valence-corrected chi connectivity index (χ0v) is 18.1. The van der Waals surface area contributed by atoms with E-state index in [1.54, 1.807) is 44.2 Å². The van der Waals surface area contributed by atoms with Crippen molar-refractivity contribution in [3.8, 4) is 5.75 Å². The van der Waals surface area contributed by atoms with E-state index in [9.17, 15) is 14.0 Å². The molecule has 1 aliphatic rings. The molecule has 0 fully saturated rings. The Labute approximate surface area is 184 Å². The van der Waals surface area contributed by atoms with Gasteiger partial charge in [-0.1, -0.05) is 24.6 Å². The number of fused-ring (bicyclic) bond motifs is 1. The van der Waals surface area contributed by atoms with E-state index in [1.165, 1.54) is 21.7 Å². The lowest BCUT2D eigenvalue weighted by atomic mass is 10.1. The molecule has 0 N–H and O–H groups in total. The summed E-state index contributed by atoms with van der Waals surface area (Å²) in [5.41, 5.74) is 2.36. The normalized spacial score (nSPS) is 15.6. The van der Waals surface area contributed by atoms with Crippen LogP contribution in [0.5, 0.6) is 5.75 Å².